The maximum absolute atomic E-state index is 13.0. The summed E-state index contributed by atoms with van der Waals surface area (Å²) in [4.78, 5) is 17.2. The van der Waals surface area contributed by atoms with Crippen LogP contribution in [0.5, 0.6) is 0 Å². The predicted octanol–water partition coefficient (Wildman–Crippen LogP) is 5.38. The van der Waals surface area contributed by atoms with Gasteiger partial charge in [0.15, 0.2) is 11.0 Å². The Morgan fingerprint density at radius 2 is 1.90 bits per heavy atom. The highest BCUT2D eigenvalue weighted by Crippen LogP contribution is 2.29. The summed E-state index contributed by atoms with van der Waals surface area (Å²) in [6.45, 7) is 9.18. The average Bonchev–Trinajstić information content (AvgIpc) is 3.17. The Labute approximate surface area is 182 Å². The van der Waals surface area contributed by atoms with Crippen LogP contribution in [0.3, 0.4) is 0 Å². The zero-order chi connectivity index (χ0) is 21.5. The van der Waals surface area contributed by atoms with Gasteiger partial charge in [0.2, 0.25) is 5.91 Å². The summed E-state index contributed by atoms with van der Waals surface area (Å²) >= 11 is 1.47. The van der Waals surface area contributed by atoms with Crippen LogP contribution in [0.2, 0.25) is 0 Å². The van der Waals surface area contributed by atoms with Crippen LogP contribution in [0.25, 0.3) is 11.4 Å². The second-order valence-electron chi connectivity index (χ2n) is 7.45. The Morgan fingerprint density at radius 3 is 2.50 bits per heavy atom. The van der Waals surface area contributed by atoms with E-state index in [0.717, 1.165) is 41.6 Å². The second-order valence-corrected chi connectivity index (χ2v) is 8.62. The van der Waals surface area contributed by atoms with E-state index < -0.39 is 0 Å². The molecular weight excluding hydrogens is 394 g/mol. The van der Waals surface area contributed by atoms with E-state index in [1.807, 2.05) is 28.8 Å². The van der Waals surface area contributed by atoms with E-state index in [9.17, 15) is 4.79 Å². The molecule has 0 aliphatic heterocycles. The molecule has 0 bridgehead atoms. The molecule has 2 aromatic heterocycles. The zero-order valence-corrected chi connectivity index (χ0v) is 18.8. The molecule has 6 nitrogen and oxygen atoms in total. The third kappa shape index (κ3) is 5.27. The van der Waals surface area contributed by atoms with Crippen molar-refractivity contribution in [3.8, 4) is 11.4 Å². The number of pyridine rings is 1. The van der Waals surface area contributed by atoms with E-state index in [1.54, 1.807) is 12.4 Å². The maximum Gasteiger partial charge on any atom is 0.237 e. The smallest absolute Gasteiger partial charge is 0.237 e. The summed E-state index contributed by atoms with van der Waals surface area (Å²) in [5, 5.41) is 12.3. The molecule has 3 rings (SSSR count). The number of hydrogen-bond acceptors (Lipinski definition) is 5. The molecule has 3 aromatic rings. The first-order valence-electron chi connectivity index (χ1n) is 10.4. The van der Waals surface area contributed by atoms with E-state index >= 15 is 0 Å². The molecule has 1 unspecified atom stereocenters. The molecule has 0 saturated carbocycles. The number of amides is 1. The third-order valence-electron chi connectivity index (χ3n) is 4.89. The van der Waals surface area contributed by atoms with Crippen LogP contribution in [0, 0.1) is 0 Å². The normalized spacial score (nSPS) is 12.2. The lowest BCUT2D eigenvalue weighted by molar-refractivity contribution is -0.115. The minimum absolute atomic E-state index is 0.00673. The number of nitrogens with zero attached hydrogens (tertiary/aromatic N) is 4. The minimum Gasteiger partial charge on any atom is -0.325 e. The van der Waals surface area contributed by atoms with Gasteiger partial charge in [-0.1, -0.05) is 51.1 Å². The molecule has 30 heavy (non-hydrogen) atoms. The number of anilines is 1. The first kappa shape index (κ1) is 22.0. The average molecular weight is 424 g/mol. The number of carbonyl (C=O) groups is 1. The van der Waals surface area contributed by atoms with Crippen LogP contribution in [-0.2, 0) is 11.3 Å². The number of rotatable bonds is 9. The lowest BCUT2D eigenvalue weighted by atomic mass is 10.0. The summed E-state index contributed by atoms with van der Waals surface area (Å²) in [6, 6.07) is 11.9. The molecule has 1 atom stereocenters. The Kier molecular flexibility index (Phi) is 7.63. The Morgan fingerprint density at radius 1 is 1.13 bits per heavy atom. The van der Waals surface area contributed by atoms with Crippen molar-refractivity contribution in [3.05, 3.63) is 54.4 Å². The van der Waals surface area contributed by atoms with Crippen LogP contribution in [-0.4, -0.2) is 30.9 Å². The van der Waals surface area contributed by atoms with E-state index in [1.165, 1.54) is 17.3 Å². The third-order valence-corrected chi connectivity index (χ3v) is 6.14. The van der Waals surface area contributed by atoms with Gasteiger partial charge >= 0.3 is 0 Å². The first-order valence-corrected chi connectivity index (χ1v) is 11.3. The molecule has 2 heterocycles. The topological polar surface area (TPSA) is 72.7 Å². The summed E-state index contributed by atoms with van der Waals surface area (Å²) in [5.74, 6) is 1.23. The van der Waals surface area contributed by atoms with Gasteiger partial charge < -0.3 is 9.88 Å². The number of thioether (sulfide) groups is 1. The van der Waals surface area contributed by atoms with Gasteiger partial charge in [-0.3, -0.25) is 9.78 Å². The monoisotopic (exact) mass is 423 g/mol. The van der Waals surface area contributed by atoms with Gasteiger partial charge in [-0.15, -0.1) is 10.2 Å². The highest BCUT2D eigenvalue weighted by Gasteiger charge is 2.23. The summed E-state index contributed by atoms with van der Waals surface area (Å²) in [5.41, 5.74) is 2.99. The predicted molar refractivity (Wildman–Crippen MR) is 123 cm³/mol. The van der Waals surface area contributed by atoms with Crippen molar-refractivity contribution in [3.63, 3.8) is 0 Å². The molecule has 1 aromatic carbocycles. The van der Waals surface area contributed by atoms with Crippen molar-refractivity contribution in [2.45, 2.75) is 63.4 Å². The number of nitrogens with one attached hydrogen (secondary N) is 1. The molecule has 0 aliphatic rings. The zero-order valence-electron chi connectivity index (χ0n) is 18.0. The molecule has 1 amide bonds. The van der Waals surface area contributed by atoms with Gasteiger partial charge in [0.1, 0.15) is 0 Å². The van der Waals surface area contributed by atoms with E-state index in [2.05, 4.69) is 60.3 Å². The Hall–Kier alpha value is -2.67. The quantitative estimate of drug-likeness (QED) is 0.468. The minimum atomic E-state index is -0.240. The van der Waals surface area contributed by atoms with Crippen molar-refractivity contribution in [2.75, 3.05) is 5.32 Å². The molecule has 0 spiro atoms. The highest BCUT2D eigenvalue weighted by atomic mass is 32.2. The van der Waals surface area contributed by atoms with Gasteiger partial charge in [0.05, 0.1) is 5.25 Å². The van der Waals surface area contributed by atoms with Gasteiger partial charge in [-0.2, -0.15) is 0 Å². The number of benzene rings is 1. The van der Waals surface area contributed by atoms with E-state index in [0.29, 0.717) is 5.92 Å². The Bertz CT molecular complexity index is 953. The van der Waals surface area contributed by atoms with Crippen LogP contribution in [0.15, 0.2) is 53.9 Å². The number of carbonyl (C=O) groups excluding carboxylic acids is 1. The van der Waals surface area contributed by atoms with Gasteiger partial charge in [-0.25, -0.2) is 0 Å². The highest BCUT2D eigenvalue weighted by molar-refractivity contribution is 8.00. The van der Waals surface area contributed by atoms with Crippen molar-refractivity contribution in [2.24, 2.45) is 0 Å². The summed E-state index contributed by atoms with van der Waals surface area (Å²) in [6.07, 6.45) is 5.19. The largest absolute Gasteiger partial charge is 0.325 e. The lowest BCUT2D eigenvalue weighted by Gasteiger charge is -2.16. The van der Waals surface area contributed by atoms with Crippen LogP contribution in [0.1, 0.15) is 52.0 Å². The fourth-order valence-corrected chi connectivity index (χ4v) is 4.38. The summed E-state index contributed by atoms with van der Waals surface area (Å²) < 4.78 is 2.04. The first-order chi connectivity index (χ1) is 14.5. The second kappa shape index (κ2) is 10.4. The van der Waals surface area contributed by atoms with Gasteiger partial charge in [0.25, 0.3) is 0 Å². The molecule has 1 N–H and O–H groups in total. The van der Waals surface area contributed by atoms with Crippen molar-refractivity contribution < 1.29 is 4.79 Å². The molecule has 0 radical (unpaired) electrons. The van der Waals surface area contributed by atoms with Crippen LogP contribution in [0.4, 0.5) is 5.69 Å². The maximum atomic E-state index is 13.0. The van der Waals surface area contributed by atoms with Crippen LogP contribution >= 0.6 is 11.8 Å². The van der Waals surface area contributed by atoms with Crippen molar-refractivity contribution in [1.82, 2.24) is 19.7 Å². The molecule has 7 heteroatoms. The standard InChI is InChI=1S/C23H29N5OS/c1-5-8-20(22(29)25-19-12-10-17(11-13-19)16(3)4)30-23-27-26-21(28(23)6-2)18-9-7-14-24-15-18/h7,9-16,20H,5-6,8H2,1-4H3,(H,25,29). The summed E-state index contributed by atoms with van der Waals surface area (Å²) in [7, 11) is 0. The number of hydrogen-bond donors (Lipinski definition) is 1. The molecule has 158 valence electrons. The van der Waals surface area contributed by atoms with Crippen LogP contribution < -0.4 is 5.32 Å². The van der Waals surface area contributed by atoms with Gasteiger partial charge in [0, 0.05) is 30.2 Å². The lowest BCUT2D eigenvalue weighted by Crippen LogP contribution is -2.25. The molecule has 0 aliphatic carbocycles. The fraction of sp³-hybridized carbons (Fsp3) is 0.391. The number of aromatic nitrogens is 4. The SMILES string of the molecule is CCCC(Sc1nnc(-c2cccnc2)n1CC)C(=O)Nc1ccc(C(C)C)cc1. The fourth-order valence-electron chi connectivity index (χ4n) is 3.18. The van der Waals surface area contributed by atoms with Gasteiger partial charge in [-0.05, 0) is 49.1 Å². The Balaban J connectivity index is 1.76. The van der Waals surface area contributed by atoms with E-state index in [-0.39, 0.29) is 11.2 Å². The van der Waals surface area contributed by atoms with Crippen molar-refractivity contribution >= 4 is 23.4 Å². The molecule has 0 saturated heterocycles. The molecule has 0 fully saturated rings. The molecular formula is C23H29N5OS. The van der Waals surface area contributed by atoms with Crippen molar-refractivity contribution in [1.29, 1.82) is 0 Å². The van der Waals surface area contributed by atoms with E-state index in [4.69, 9.17) is 0 Å².